The van der Waals surface area contributed by atoms with Gasteiger partial charge >= 0.3 is 6.18 Å². The molecule has 0 unspecified atom stereocenters. The van der Waals surface area contributed by atoms with Crippen LogP contribution in [-0.2, 0) is 4.79 Å². The monoisotopic (exact) mass is 368 g/mol. The van der Waals surface area contributed by atoms with E-state index in [9.17, 15) is 22.8 Å². The smallest absolute Gasteiger partial charge is 0.343 e. The van der Waals surface area contributed by atoms with Gasteiger partial charge in [-0.15, -0.1) is 11.8 Å². The molecule has 4 nitrogen and oxygen atoms in total. The van der Waals surface area contributed by atoms with E-state index in [1.54, 1.807) is 11.4 Å². The minimum atomic E-state index is -4.48. The zero-order valence-electron chi connectivity index (χ0n) is 13.0. The van der Waals surface area contributed by atoms with Crippen LogP contribution in [0.3, 0.4) is 0 Å². The molecule has 0 atom stereocenters. The number of halogens is 3. The molecule has 2 rings (SSSR count). The number of alkyl halides is 3. The highest BCUT2D eigenvalue weighted by Gasteiger charge is 2.27. The Morgan fingerprint density at radius 1 is 1.00 bits per heavy atom. The molecule has 0 saturated carbocycles. The zero-order valence-corrected chi connectivity index (χ0v) is 13.8. The fraction of sp³-hybridized carbons (Fsp3) is 0.176. The van der Waals surface area contributed by atoms with Gasteiger partial charge in [-0.2, -0.15) is 13.2 Å². The number of carbonyl (C=O) groups is 2. The standard InChI is InChI=1S/C17H15F3N2O2S/c18-17(19,20)11-21-16(24)12-5-4-6-13(9-12)22-15(23)10-25-14-7-2-1-3-8-14/h1-9H,10-11H2,(H,21,24)(H,22,23). The largest absolute Gasteiger partial charge is 0.405 e. The zero-order chi connectivity index (χ0) is 18.3. The Morgan fingerprint density at radius 3 is 2.40 bits per heavy atom. The lowest BCUT2D eigenvalue weighted by molar-refractivity contribution is -0.123. The van der Waals surface area contributed by atoms with Gasteiger partial charge in [-0.05, 0) is 30.3 Å². The van der Waals surface area contributed by atoms with Crippen molar-refractivity contribution in [3.05, 3.63) is 60.2 Å². The van der Waals surface area contributed by atoms with Crippen molar-refractivity contribution in [2.45, 2.75) is 11.1 Å². The van der Waals surface area contributed by atoms with Crippen molar-refractivity contribution < 1.29 is 22.8 Å². The van der Waals surface area contributed by atoms with Crippen molar-refractivity contribution in [3.63, 3.8) is 0 Å². The molecule has 0 aliphatic rings. The minimum Gasteiger partial charge on any atom is -0.343 e. The highest BCUT2D eigenvalue weighted by molar-refractivity contribution is 8.00. The first-order chi connectivity index (χ1) is 11.8. The number of hydrogen-bond acceptors (Lipinski definition) is 3. The van der Waals surface area contributed by atoms with Gasteiger partial charge in [0.1, 0.15) is 6.54 Å². The van der Waals surface area contributed by atoms with Gasteiger partial charge in [-0.1, -0.05) is 24.3 Å². The third kappa shape index (κ3) is 6.88. The quantitative estimate of drug-likeness (QED) is 0.765. The van der Waals surface area contributed by atoms with E-state index in [2.05, 4.69) is 5.32 Å². The Kier molecular flexibility index (Phi) is 6.46. The molecule has 0 radical (unpaired) electrons. The van der Waals surface area contributed by atoms with E-state index in [-0.39, 0.29) is 17.2 Å². The van der Waals surface area contributed by atoms with Crippen LogP contribution in [0, 0.1) is 0 Å². The van der Waals surface area contributed by atoms with E-state index in [1.165, 1.54) is 30.0 Å². The van der Waals surface area contributed by atoms with E-state index in [0.29, 0.717) is 5.69 Å². The maximum Gasteiger partial charge on any atom is 0.405 e. The fourth-order valence-corrected chi connectivity index (χ4v) is 2.60. The predicted octanol–water partition coefficient (Wildman–Crippen LogP) is 3.71. The van der Waals surface area contributed by atoms with Crippen molar-refractivity contribution in [2.24, 2.45) is 0 Å². The summed E-state index contributed by atoms with van der Waals surface area (Å²) in [7, 11) is 0. The first-order valence-corrected chi connectivity index (χ1v) is 8.25. The molecule has 0 aromatic heterocycles. The average molecular weight is 368 g/mol. The highest BCUT2D eigenvalue weighted by Crippen LogP contribution is 2.18. The lowest BCUT2D eigenvalue weighted by Gasteiger charge is -2.10. The molecular weight excluding hydrogens is 353 g/mol. The summed E-state index contributed by atoms with van der Waals surface area (Å²) in [6, 6.07) is 15.1. The molecule has 0 aliphatic carbocycles. The van der Waals surface area contributed by atoms with E-state index in [1.807, 2.05) is 30.3 Å². The topological polar surface area (TPSA) is 58.2 Å². The van der Waals surface area contributed by atoms with Gasteiger partial charge in [-0.3, -0.25) is 9.59 Å². The number of carbonyl (C=O) groups excluding carboxylic acids is 2. The van der Waals surface area contributed by atoms with Crippen molar-refractivity contribution in [2.75, 3.05) is 17.6 Å². The first kappa shape index (κ1) is 18.9. The van der Waals surface area contributed by atoms with Crippen LogP contribution >= 0.6 is 11.8 Å². The second kappa shape index (κ2) is 8.57. The summed E-state index contributed by atoms with van der Waals surface area (Å²) in [5.41, 5.74) is 0.385. The average Bonchev–Trinajstić information content (AvgIpc) is 2.58. The molecule has 0 spiro atoms. The van der Waals surface area contributed by atoms with E-state index in [0.717, 1.165) is 4.90 Å². The van der Waals surface area contributed by atoms with Gasteiger partial charge in [0.2, 0.25) is 5.91 Å². The maximum absolute atomic E-state index is 12.1. The first-order valence-electron chi connectivity index (χ1n) is 7.26. The number of benzene rings is 2. The normalized spacial score (nSPS) is 11.0. The minimum absolute atomic E-state index is 0.0396. The second-order valence-electron chi connectivity index (χ2n) is 5.03. The van der Waals surface area contributed by atoms with Crippen LogP contribution in [0.5, 0.6) is 0 Å². The van der Waals surface area contributed by atoms with Crippen LogP contribution in [0.1, 0.15) is 10.4 Å². The number of anilines is 1. The SMILES string of the molecule is O=C(CSc1ccccc1)Nc1cccc(C(=O)NCC(F)(F)F)c1. The molecule has 132 valence electrons. The van der Waals surface area contributed by atoms with Crippen LogP contribution in [0.2, 0.25) is 0 Å². The van der Waals surface area contributed by atoms with Crippen molar-refractivity contribution in [1.29, 1.82) is 0 Å². The maximum atomic E-state index is 12.1. The number of hydrogen-bond donors (Lipinski definition) is 2. The van der Waals surface area contributed by atoms with Crippen LogP contribution in [-0.4, -0.2) is 30.3 Å². The van der Waals surface area contributed by atoms with Crippen molar-refractivity contribution in [3.8, 4) is 0 Å². The molecule has 0 fully saturated rings. The molecule has 8 heteroatoms. The third-order valence-electron chi connectivity index (χ3n) is 2.97. The van der Waals surface area contributed by atoms with Gasteiger partial charge in [0.15, 0.2) is 0 Å². The summed E-state index contributed by atoms with van der Waals surface area (Å²) in [4.78, 5) is 24.6. The summed E-state index contributed by atoms with van der Waals surface area (Å²) in [6.45, 7) is -1.41. The molecule has 0 heterocycles. The van der Waals surface area contributed by atoms with E-state index in [4.69, 9.17) is 0 Å². The highest BCUT2D eigenvalue weighted by atomic mass is 32.2. The molecule has 0 aliphatic heterocycles. The summed E-state index contributed by atoms with van der Waals surface area (Å²) < 4.78 is 36.4. The van der Waals surface area contributed by atoms with Crippen LogP contribution in [0.15, 0.2) is 59.5 Å². The molecule has 0 bridgehead atoms. The van der Waals surface area contributed by atoms with Gasteiger partial charge in [-0.25, -0.2) is 0 Å². The second-order valence-corrected chi connectivity index (χ2v) is 6.08. The molecule has 2 aromatic carbocycles. The summed E-state index contributed by atoms with van der Waals surface area (Å²) >= 11 is 1.35. The summed E-state index contributed by atoms with van der Waals surface area (Å²) in [5.74, 6) is -0.956. The fourth-order valence-electron chi connectivity index (χ4n) is 1.88. The number of nitrogens with one attached hydrogen (secondary N) is 2. The molecule has 0 saturated heterocycles. The number of rotatable bonds is 6. The van der Waals surface area contributed by atoms with E-state index < -0.39 is 18.6 Å². The third-order valence-corrected chi connectivity index (χ3v) is 3.98. The molecule has 2 N–H and O–H groups in total. The van der Waals surface area contributed by atoms with E-state index >= 15 is 0 Å². The lowest BCUT2D eigenvalue weighted by Crippen LogP contribution is -2.33. The van der Waals surface area contributed by atoms with Crippen LogP contribution < -0.4 is 10.6 Å². The number of thioether (sulfide) groups is 1. The lowest BCUT2D eigenvalue weighted by atomic mass is 10.2. The summed E-state index contributed by atoms with van der Waals surface area (Å²) in [5, 5.41) is 4.40. The van der Waals surface area contributed by atoms with Gasteiger partial charge in [0, 0.05) is 16.1 Å². The van der Waals surface area contributed by atoms with Crippen molar-refractivity contribution >= 4 is 29.3 Å². The molecule has 2 amide bonds. The van der Waals surface area contributed by atoms with Gasteiger partial charge < -0.3 is 10.6 Å². The molecule has 2 aromatic rings. The Morgan fingerprint density at radius 2 is 1.72 bits per heavy atom. The van der Waals surface area contributed by atoms with Crippen LogP contribution in [0.25, 0.3) is 0 Å². The van der Waals surface area contributed by atoms with Gasteiger partial charge in [0.05, 0.1) is 5.75 Å². The predicted molar refractivity (Wildman–Crippen MR) is 90.6 cm³/mol. The Labute approximate surface area is 146 Å². The van der Waals surface area contributed by atoms with Gasteiger partial charge in [0.25, 0.3) is 5.91 Å². The molecular formula is C17H15F3N2O2S. The van der Waals surface area contributed by atoms with Crippen molar-refractivity contribution in [1.82, 2.24) is 5.32 Å². The Balaban J connectivity index is 1.90. The Hall–Kier alpha value is -2.48. The summed E-state index contributed by atoms with van der Waals surface area (Å²) in [6.07, 6.45) is -4.48. The van der Waals surface area contributed by atoms with Crippen LogP contribution in [0.4, 0.5) is 18.9 Å². The Bertz CT molecular complexity index is 736. The molecule has 25 heavy (non-hydrogen) atoms. The number of amides is 2.